The summed E-state index contributed by atoms with van der Waals surface area (Å²) >= 11 is 0. The maximum atomic E-state index is 13.2. The Labute approximate surface area is 191 Å². The molecule has 32 heavy (non-hydrogen) atoms. The van der Waals surface area contributed by atoms with Crippen LogP contribution in [0.1, 0.15) is 63.6 Å². The van der Waals surface area contributed by atoms with Crippen molar-refractivity contribution in [3.63, 3.8) is 0 Å². The van der Waals surface area contributed by atoms with Gasteiger partial charge >= 0.3 is 0 Å². The zero-order valence-electron chi connectivity index (χ0n) is 19.4. The minimum absolute atomic E-state index is 0.192. The summed E-state index contributed by atoms with van der Waals surface area (Å²) in [6.07, 6.45) is 11.7. The van der Waals surface area contributed by atoms with Gasteiger partial charge in [-0.1, -0.05) is 42.8 Å². The molecule has 2 aliphatic carbocycles. The number of carbonyl (C=O) groups excluding carboxylic acids is 1. The third-order valence-electron chi connectivity index (χ3n) is 7.42. The summed E-state index contributed by atoms with van der Waals surface area (Å²) in [7, 11) is 0. The highest BCUT2D eigenvalue weighted by Crippen LogP contribution is 2.48. The van der Waals surface area contributed by atoms with Gasteiger partial charge < -0.3 is 4.90 Å². The first kappa shape index (κ1) is 21.3. The fraction of sp³-hybridized carbons (Fsp3) is 0.519. The molecule has 3 aliphatic rings. The van der Waals surface area contributed by atoms with Crippen LogP contribution in [0.25, 0.3) is 16.8 Å². The van der Waals surface area contributed by atoms with E-state index < -0.39 is 0 Å². The first-order chi connectivity index (χ1) is 15.6. The van der Waals surface area contributed by atoms with Crippen LogP contribution >= 0.6 is 0 Å². The molecule has 0 atom stereocenters. The van der Waals surface area contributed by atoms with Crippen molar-refractivity contribution in [1.82, 2.24) is 19.9 Å². The summed E-state index contributed by atoms with van der Waals surface area (Å²) in [5.74, 6) is 0.192. The van der Waals surface area contributed by atoms with Crippen LogP contribution in [0.5, 0.6) is 0 Å². The Morgan fingerprint density at radius 3 is 2.53 bits per heavy atom. The van der Waals surface area contributed by atoms with Crippen molar-refractivity contribution >= 4 is 11.4 Å². The van der Waals surface area contributed by atoms with Crippen molar-refractivity contribution in [3.8, 4) is 11.3 Å². The second kappa shape index (κ2) is 8.78. The third-order valence-corrected chi connectivity index (χ3v) is 7.42. The minimum Gasteiger partial charge on any atom is -0.303 e. The van der Waals surface area contributed by atoms with Crippen LogP contribution in [-0.2, 0) is 17.8 Å². The number of hydrogen-bond acceptors (Lipinski definition) is 4. The van der Waals surface area contributed by atoms with Crippen LogP contribution in [0.3, 0.4) is 0 Å². The predicted octanol–water partition coefficient (Wildman–Crippen LogP) is 5.08. The number of aromatic nitrogens is 3. The van der Waals surface area contributed by atoms with E-state index in [0.717, 1.165) is 46.8 Å². The van der Waals surface area contributed by atoms with Crippen LogP contribution in [0, 0.1) is 5.41 Å². The van der Waals surface area contributed by atoms with Gasteiger partial charge in [0, 0.05) is 29.5 Å². The monoisotopic (exact) mass is 430 g/mol. The zero-order valence-corrected chi connectivity index (χ0v) is 19.4. The fourth-order valence-corrected chi connectivity index (χ4v) is 5.33. The Morgan fingerprint density at radius 1 is 1.03 bits per heavy atom. The first-order valence-corrected chi connectivity index (χ1v) is 12.2. The van der Waals surface area contributed by atoms with Gasteiger partial charge in [-0.2, -0.15) is 15.0 Å². The van der Waals surface area contributed by atoms with Crippen LogP contribution in [-0.4, -0.2) is 45.3 Å². The number of benzene rings is 1. The number of carbonyl (C=O) groups is 1. The molecule has 2 fully saturated rings. The summed E-state index contributed by atoms with van der Waals surface area (Å²) in [5.41, 5.74) is 6.05. The molecule has 1 saturated heterocycles. The Bertz CT molecular complexity index is 1070. The molecule has 2 heterocycles. The van der Waals surface area contributed by atoms with E-state index >= 15 is 0 Å². The summed E-state index contributed by atoms with van der Waals surface area (Å²) in [6, 6.07) is 8.19. The van der Waals surface area contributed by atoms with Crippen molar-refractivity contribution < 1.29 is 4.79 Å². The number of piperidine rings is 1. The fourth-order valence-electron chi connectivity index (χ4n) is 5.33. The van der Waals surface area contributed by atoms with Gasteiger partial charge in [-0.3, -0.25) is 4.79 Å². The molecule has 2 aromatic rings. The van der Waals surface area contributed by atoms with Crippen molar-refractivity contribution in [2.45, 2.75) is 65.3 Å². The van der Waals surface area contributed by atoms with E-state index in [1.54, 1.807) is 0 Å². The van der Waals surface area contributed by atoms with Crippen molar-refractivity contribution in [2.75, 3.05) is 19.6 Å². The highest BCUT2D eigenvalue weighted by atomic mass is 16.1. The highest BCUT2D eigenvalue weighted by Gasteiger charge is 2.45. The standard InChI is InChI=1S/C27H34N4O/c1-3-4-11-22-20(2)25-26(23-12-7-6-10-21(23)17-24(22)32)29-31(28-25)19-27(13-14-27)18-30-15-8-5-9-16-30/h3-4,6-7,10,12H,5,8-9,11,13-19H2,1-2H3/b4-3-,22-20-. The van der Waals surface area contributed by atoms with E-state index in [1.165, 1.54) is 45.2 Å². The quantitative estimate of drug-likeness (QED) is 0.600. The van der Waals surface area contributed by atoms with E-state index in [0.29, 0.717) is 18.3 Å². The summed E-state index contributed by atoms with van der Waals surface area (Å²) < 4.78 is 0. The molecule has 0 unspecified atom stereocenters. The molecule has 1 saturated carbocycles. The lowest BCUT2D eigenvalue weighted by atomic mass is 9.88. The maximum absolute atomic E-state index is 13.2. The molecule has 1 aromatic carbocycles. The molecule has 5 rings (SSSR count). The molecule has 1 aliphatic heterocycles. The summed E-state index contributed by atoms with van der Waals surface area (Å²) in [5, 5.41) is 10.0. The van der Waals surface area contributed by atoms with Gasteiger partial charge in [0.15, 0.2) is 5.78 Å². The van der Waals surface area contributed by atoms with Crippen molar-refractivity contribution in [2.24, 2.45) is 5.41 Å². The van der Waals surface area contributed by atoms with E-state index in [4.69, 9.17) is 10.2 Å². The Kier molecular flexibility index (Phi) is 5.85. The number of ketones is 1. The lowest BCUT2D eigenvalue weighted by Gasteiger charge is -2.30. The average Bonchev–Trinajstić information content (AvgIpc) is 3.41. The molecule has 0 radical (unpaired) electrons. The van der Waals surface area contributed by atoms with Crippen LogP contribution in [0.15, 0.2) is 42.0 Å². The molecule has 1 aromatic heterocycles. The number of rotatable bonds is 6. The topological polar surface area (TPSA) is 51.0 Å². The second-order valence-electron chi connectivity index (χ2n) is 9.90. The number of Topliss-reactive ketones (excluding diaryl/α,β-unsaturated/α-hetero) is 1. The maximum Gasteiger partial charge on any atom is 0.163 e. The summed E-state index contributed by atoms with van der Waals surface area (Å²) in [4.78, 5) is 17.7. The lowest BCUT2D eigenvalue weighted by molar-refractivity contribution is -0.115. The van der Waals surface area contributed by atoms with Gasteiger partial charge in [0.2, 0.25) is 0 Å². The third kappa shape index (κ3) is 4.23. The highest BCUT2D eigenvalue weighted by molar-refractivity contribution is 6.06. The van der Waals surface area contributed by atoms with Gasteiger partial charge in [0.25, 0.3) is 0 Å². The molecule has 5 heteroatoms. The average molecular weight is 431 g/mol. The largest absolute Gasteiger partial charge is 0.303 e. The Hall–Kier alpha value is -2.53. The molecular weight excluding hydrogens is 396 g/mol. The predicted molar refractivity (Wildman–Crippen MR) is 128 cm³/mol. The lowest BCUT2D eigenvalue weighted by Crippen LogP contribution is -2.36. The minimum atomic E-state index is 0.192. The SMILES string of the molecule is C/C=C\C/C1=C(\C)c2nn(CC3(CN4CCCCC4)CC3)nc2-c2ccccc2CC1=O. The van der Waals surface area contributed by atoms with E-state index in [1.807, 2.05) is 36.9 Å². The molecule has 168 valence electrons. The molecule has 0 N–H and O–H groups in total. The number of allylic oxidation sites excluding steroid dienone is 4. The van der Waals surface area contributed by atoms with Gasteiger partial charge in [-0.25, -0.2) is 0 Å². The number of nitrogens with zero attached hydrogens (tertiary/aromatic N) is 4. The van der Waals surface area contributed by atoms with Gasteiger partial charge in [0.05, 0.1) is 6.54 Å². The molecule has 5 nitrogen and oxygen atoms in total. The van der Waals surface area contributed by atoms with Crippen molar-refractivity contribution in [1.29, 1.82) is 0 Å². The van der Waals surface area contributed by atoms with Crippen LogP contribution < -0.4 is 0 Å². The van der Waals surface area contributed by atoms with E-state index in [-0.39, 0.29) is 5.78 Å². The summed E-state index contributed by atoms with van der Waals surface area (Å²) in [6.45, 7) is 8.54. The van der Waals surface area contributed by atoms with Crippen LogP contribution in [0.4, 0.5) is 0 Å². The second-order valence-corrected chi connectivity index (χ2v) is 9.90. The van der Waals surface area contributed by atoms with Crippen molar-refractivity contribution in [3.05, 3.63) is 53.2 Å². The van der Waals surface area contributed by atoms with Gasteiger partial charge in [0.1, 0.15) is 11.4 Å². The van der Waals surface area contributed by atoms with Gasteiger partial charge in [-0.15, -0.1) is 0 Å². The number of likely N-dealkylation sites (tertiary alicyclic amines) is 1. The Morgan fingerprint density at radius 2 is 1.78 bits per heavy atom. The molecule has 0 bridgehead atoms. The van der Waals surface area contributed by atoms with E-state index in [2.05, 4.69) is 23.1 Å². The molecular formula is C27H34N4O. The molecule has 0 amide bonds. The zero-order chi connectivity index (χ0) is 22.1. The first-order valence-electron chi connectivity index (χ1n) is 12.2. The smallest absolute Gasteiger partial charge is 0.163 e. The van der Waals surface area contributed by atoms with Crippen LogP contribution in [0.2, 0.25) is 0 Å². The van der Waals surface area contributed by atoms with E-state index in [9.17, 15) is 4.79 Å². The number of hydrogen-bond donors (Lipinski definition) is 0. The number of fused-ring (bicyclic) bond motifs is 3. The normalized spacial score (nSPS) is 23.0. The van der Waals surface area contributed by atoms with Gasteiger partial charge in [-0.05, 0) is 70.2 Å². The molecule has 0 spiro atoms. The Balaban J connectivity index is 1.51.